The van der Waals surface area contributed by atoms with Crippen molar-refractivity contribution in [1.82, 2.24) is 0 Å². The zero-order chi connectivity index (χ0) is 20.3. The maximum absolute atomic E-state index is 13.1. The molecule has 0 N–H and O–H groups in total. The number of hydrogen-bond donors (Lipinski definition) is 0. The van der Waals surface area contributed by atoms with Crippen molar-refractivity contribution in [1.29, 1.82) is 0 Å². The van der Waals surface area contributed by atoms with E-state index in [2.05, 4.69) is 0 Å². The molecule has 1 aliphatic rings. The number of nitrogens with zero attached hydrogens (tertiary/aromatic N) is 1. The van der Waals surface area contributed by atoms with Crippen molar-refractivity contribution in [3.8, 4) is 0 Å². The fourth-order valence-corrected chi connectivity index (χ4v) is 3.87. The Morgan fingerprint density at radius 2 is 1.72 bits per heavy atom. The third kappa shape index (κ3) is 3.76. The Labute approximate surface area is 174 Å². The van der Waals surface area contributed by atoms with Crippen molar-refractivity contribution < 1.29 is 14.3 Å². The molecule has 0 spiro atoms. The molecule has 0 aromatic heterocycles. The largest absolute Gasteiger partial charge is 0.467 e. The van der Waals surface area contributed by atoms with Crippen molar-refractivity contribution in [3.05, 3.63) is 107 Å². The van der Waals surface area contributed by atoms with Crippen LogP contribution in [0.2, 0.25) is 5.02 Å². The summed E-state index contributed by atoms with van der Waals surface area (Å²) in [6, 6.07) is 26.6. The highest BCUT2D eigenvalue weighted by Crippen LogP contribution is 2.43. The number of aliphatic imine (C=N–C) groups is 1. The van der Waals surface area contributed by atoms with Gasteiger partial charge in [0.1, 0.15) is 0 Å². The third-order valence-corrected chi connectivity index (χ3v) is 5.22. The molecule has 4 rings (SSSR count). The van der Waals surface area contributed by atoms with E-state index in [1.165, 1.54) is 7.11 Å². The normalized spacial score (nSPS) is 20.6. The summed E-state index contributed by atoms with van der Waals surface area (Å²) in [6.45, 7) is 0. The van der Waals surface area contributed by atoms with Gasteiger partial charge in [-0.15, -0.1) is 0 Å². The first-order chi connectivity index (χ1) is 14.1. The molecule has 1 heterocycles. The van der Waals surface area contributed by atoms with Crippen molar-refractivity contribution >= 4 is 23.5 Å². The fraction of sp³-hybridized carbons (Fsp3) is 0.167. The molecule has 3 aromatic carbocycles. The number of carbonyl (C=O) groups is 1. The molecule has 3 aromatic rings. The lowest BCUT2D eigenvalue weighted by atomic mass is 9.83. The summed E-state index contributed by atoms with van der Waals surface area (Å²) in [5.74, 6) is -0.0239. The molecule has 0 aliphatic carbocycles. The fourth-order valence-electron chi connectivity index (χ4n) is 3.65. The van der Waals surface area contributed by atoms with Crippen molar-refractivity contribution in [3.63, 3.8) is 0 Å². The Balaban J connectivity index is 1.86. The van der Waals surface area contributed by atoms with E-state index in [0.717, 1.165) is 16.7 Å². The Morgan fingerprint density at radius 1 is 1.03 bits per heavy atom. The molecule has 1 aliphatic heterocycles. The van der Waals surface area contributed by atoms with Gasteiger partial charge in [0.15, 0.2) is 6.10 Å². The van der Waals surface area contributed by atoms with Gasteiger partial charge < -0.3 is 9.47 Å². The number of hydrogen-bond acceptors (Lipinski definition) is 4. The highest BCUT2D eigenvalue weighted by atomic mass is 35.5. The number of rotatable bonds is 5. The summed E-state index contributed by atoms with van der Waals surface area (Å²) >= 11 is 6.18. The van der Waals surface area contributed by atoms with E-state index in [1.807, 2.05) is 78.9 Å². The maximum Gasteiger partial charge on any atom is 0.338 e. The van der Waals surface area contributed by atoms with Crippen LogP contribution < -0.4 is 0 Å². The molecule has 0 saturated heterocycles. The van der Waals surface area contributed by atoms with E-state index in [9.17, 15) is 4.79 Å². The summed E-state index contributed by atoms with van der Waals surface area (Å²) in [6.07, 6.45) is -0.318. The quantitative estimate of drug-likeness (QED) is 0.560. The molecule has 0 bridgehead atoms. The molecule has 0 saturated carbocycles. The van der Waals surface area contributed by atoms with Gasteiger partial charge in [-0.05, 0) is 35.4 Å². The molecule has 0 fully saturated rings. The van der Waals surface area contributed by atoms with Crippen molar-refractivity contribution in [2.45, 2.75) is 18.1 Å². The predicted octanol–water partition coefficient (Wildman–Crippen LogP) is 5.01. The number of methoxy groups -OCH3 is 1. The van der Waals surface area contributed by atoms with Crippen LogP contribution in [0.25, 0.3) is 0 Å². The van der Waals surface area contributed by atoms with Crippen LogP contribution in [-0.4, -0.2) is 24.5 Å². The molecule has 0 amide bonds. The van der Waals surface area contributed by atoms with Crippen LogP contribution in [0.15, 0.2) is 89.9 Å². The Kier molecular flexibility index (Phi) is 5.36. The first-order valence-corrected chi connectivity index (χ1v) is 9.70. The molecule has 29 heavy (non-hydrogen) atoms. The molecule has 146 valence electrons. The van der Waals surface area contributed by atoms with Gasteiger partial charge in [-0.1, -0.05) is 72.3 Å². The molecule has 2 atom stereocenters. The zero-order valence-electron chi connectivity index (χ0n) is 15.9. The molecule has 4 nitrogen and oxygen atoms in total. The van der Waals surface area contributed by atoms with Gasteiger partial charge in [-0.25, -0.2) is 9.79 Å². The minimum atomic E-state index is -1.26. The monoisotopic (exact) mass is 405 g/mol. The summed E-state index contributed by atoms with van der Waals surface area (Å²) < 4.78 is 11.5. The molecule has 0 radical (unpaired) electrons. The Morgan fingerprint density at radius 3 is 2.38 bits per heavy atom. The van der Waals surface area contributed by atoms with E-state index >= 15 is 0 Å². The Hall–Kier alpha value is -3.11. The van der Waals surface area contributed by atoms with Crippen molar-refractivity contribution in [2.75, 3.05) is 7.11 Å². The molecule has 5 heteroatoms. The van der Waals surface area contributed by atoms with Gasteiger partial charge in [0.25, 0.3) is 0 Å². The van der Waals surface area contributed by atoms with E-state index in [1.54, 1.807) is 6.07 Å². The van der Waals surface area contributed by atoms with Crippen LogP contribution in [0.1, 0.15) is 22.8 Å². The van der Waals surface area contributed by atoms with Gasteiger partial charge in [-0.3, -0.25) is 0 Å². The minimum absolute atomic E-state index is 0.302. The SMILES string of the molecule is COC(=O)[C@@]1(Cc2cccc(Cl)c2)N=C(c2ccccc2)O[C@H]1c1ccccc1. The van der Waals surface area contributed by atoms with Crippen LogP contribution in [0.4, 0.5) is 0 Å². The summed E-state index contributed by atoms with van der Waals surface area (Å²) in [5, 5.41) is 0.602. The number of benzene rings is 3. The maximum atomic E-state index is 13.1. The predicted molar refractivity (Wildman–Crippen MR) is 113 cm³/mol. The smallest absolute Gasteiger partial charge is 0.338 e. The van der Waals surface area contributed by atoms with Gasteiger partial charge in [0, 0.05) is 17.0 Å². The lowest BCUT2D eigenvalue weighted by Crippen LogP contribution is -2.44. The lowest BCUT2D eigenvalue weighted by Gasteiger charge is -2.29. The molecule has 0 unspecified atom stereocenters. The summed E-state index contributed by atoms with van der Waals surface area (Å²) in [7, 11) is 1.38. The zero-order valence-corrected chi connectivity index (χ0v) is 16.7. The summed E-state index contributed by atoms with van der Waals surface area (Å²) in [5.41, 5.74) is 1.29. The number of halogens is 1. The second kappa shape index (κ2) is 8.10. The second-order valence-electron chi connectivity index (χ2n) is 6.91. The van der Waals surface area contributed by atoms with Gasteiger partial charge >= 0.3 is 5.97 Å². The van der Waals surface area contributed by atoms with E-state index in [0.29, 0.717) is 17.3 Å². The first kappa shape index (κ1) is 19.2. The minimum Gasteiger partial charge on any atom is -0.467 e. The summed E-state index contributed by atoms with van der Waals surface area (Å²) in [4.78, 5) is 18.0. The first-order valence-electron chi connectivity index (χ1n) is 9.32. The van der Waals surface area contributed by atoms with E-state index in [4.69, 9.17) is 26.1 Å². The van der Waals surface area contributed by atoms with Crippen LogP contribution in [0.5, 0.6) is 0 Å². The van der Waals surface area contributed by atoms with Crippen LogP contribution >= 0.6 is 11.6 Å². The number of carbonyl (C=O) groups excluding carboxylic acids is 1. The van der Waals surface area contributed by atoms with Gasteiger partial charge in [0.2, 0.25) is 11.4 Å². The highest BCUT2D eigenvalue weighted by molar-refractivity contribution is 6.30. The second-order valence-corrected chi connectivity index (χ2v) is 7.35. The molecular formula is C24H20ClNO3. The van der Waals surface area contributed by atoms with Gasteiger partial charge in [-0.2, -0.15) is 0 Å². The Bertz CT molecular complexity index is 1040. The van der Waals surface area contributed by atoms with E-state index < -0.39 is 17.6 Å². The average Bonchev–Trinajstić information content (AvgIpc) is 3.15. The van der Waals surface area contributed by atoms with Gasteiger partial charge in [0.05, 0.1) is 7.11 Å². The van der Waals surface area contributed by atoms with Crippen LogP contribution in [-0.2, 0) is 20.7 Å². The average molecular weight is 406 g/mol. The van der Waals surface area contributed by atoms with Crippen LogP contribution in [0, 0.1) is 0 Å². The number of ether oxygens (including phenoxy) is 2. The lowest BCUT2D eigenvalue weighted by molar-refractivity contribution is -0.149. The number of esters is 1. The third-order valence-electron chi connectivity index (χ3n) is 4.99. The standard InChI is InChI=1S/C24H20ClNO3/c1-28-23(27)24(16-17-9-8-14-20(25)15-17)21(18-10-4-2-5-11-18)29-22(26-24)19-12-6-3-7-13-19/h2-15,21H,16H2,1H3/t21-,24-/m0/s1. The van der Waals surface area contributed by atoms with Crippen LogP contribution in [0.3, 0.4) is 0 Å². The highest BCUT2D eigenvalue weighted by Gasteiger charge is 2.54. The molecular weight excluding hydrogens is 386 g/mol. The van der Waals surface area contributed by atoms with Crippen molar-refractivity contribution in [2.24, 2.45) is 4.99 Å². The van der Waals surface area contributed by atoms with E-state index in [-0.39, 0.29) is 0 Å². The topological polar surface area (TPSA) is 47.9 Å².